The van der Waals surface area contributed by atoms with E-state index in [2.05, 4.69) is 38.0 Å². The van der Waals surface area contributed by atoms with Crippen LogP contribution in [0.5, 0.6) is 0 Å². The zero-order valence-electron chi connectivity index (χ0n) is 8.81. The molecule has 1 heteroatoms. The van der Waals surface area contributed by atoms with Crippen LogP contribution in [0.3, 0.4) is 0 Å². The summed E-state index contributed by atoms with van der Waals surface area (Å²) in [7, 11) is 0. The summed E-state index contributed by atoms with van der Waals surface area (Å²) < 4.78 is 0. The minimum Gasteiger partial charge on any atom is -0.218 e. The Morgan fingerprint density at radius 3 is 2.17 bits per heavy atom. The second-order valence-corrected chi connectivity index (χ2v) is 2.94. The monoisotopic (exact) mass is 166 g/mol. The average molecular weight is 166 g/mol. The van der Waals surface area contributed by atoms with Gasteiger partial charge in [0.05, 0.1) is 0 Å². The molecule has 0 amide bonds. The third kappa shape index (κ3) is 3.04. The van der Waals surface area contributed by atoms with Crippen molar-refractivity contribution < 1.29 is 4.98 Å². The van der Waals surface area contributed by atoms with Crippen molar-refractivity contribution >= 4 is 0 Å². The predicted molar refractivity (Wildman–Crippen MR) is 53.2 cm³/mol. The normalized spacial score (nSPS) is 9.17. The van der Waals surface area contributed by atoms with Crippen LogP contribution in [0.1, 0.15) is 44.7 Å². The van der Waals surface area contributed by atoms with Gasteiger partial charge in [-0.3, -0.25) is 0 Å². The Kier molecular flexibility index (Phi) is 5.35. The number of rotatable bonds is 1. The molecule has 0 saturated carbocycles. The number of aromatic amines is 1. The minimum atomic E-state index is 0.623. The van der Waals surface area contributed by atoms with Crippen LogP contribution in [-0.2, 0) is 0 Å². The lowest BCUT2D eigenvalue weighted by molar-refractivity contribution is -0.378. The number of nitrogens with one attached hydrogen (secondary N) is 1. The third-order valence-electron chi connectivity index (χ3n) is 1.75. The molecule has 0 bridgehead atoms. The van der Waals surface area contributed by atoms with E-state index in [1.54, 1.807) is 0 Å². The Hall–Kier alpha value is -0.850. The van der Waals surface area contributed by atoms with Gasteiger partial charge in [-0.05, 0) is 18.4 Å². The van der Waals surface area contributed by atoms with E-state index in [-0.39, 0.29) is 0 Å². The zero-order chi connectivity index (χ0) is 9.56. The molecule has 68 valence electrons. The summed E-state index contributed by atoms with van der Waals surface area (Å²) >= 11 is 0. The van der Waals surface area contributed by atoms with Crippen molar-refractivity contribution in [2.75, 3.05) is 0 Å². The minimum absolute atomic E-state index is 0.623. The van der Waals surface area contributed by atoms with Crippen molar-refractivity contribution in [3.05, 3.63) is 29.6 Å². The van der Waals surface area contributed by atoms with Gasteiger partial charge in [-0.2, -0.15) is 0 Å². The number of aryl methyl sites for hydroxylation is 1. The first-order chi connectivity index (χ1) is 5.72. The SMILES string of the molecule is CC.Cc1cc[nH+]cc1C(C)C. The molecule has 0 aliphatic carbocycles. The van der Waals surface area contributed by atoms with Crippen molar-refractivity contribution in [2.45, 2.75) is 40.5 Å². The Morgan fingerprint density at radius 2 is 1.83 bits per heavy atom. The molecule has 0 spiro atoms. The number of pyridine rings is 1. The van der Waals surface area contributed by atoms with E-state index in [1.165, 1.54) is 11.1 Å². The van der Waals surface area contributed by atoms with Crippen LogP contribution in [0.4, 0.5) is 0 Å². The fourth-order valence-electron chi connectivity index (χ4n) is 1.14. The summed E-state index contributed by atoms with van der Waals surface area (Å²) in [6, 6.07) is 2.11. The van der Waals surface area contributed by atoms with Gasteiger partial charge in [-0.15, -0.1) is 0 Å². The van der Waals surface area contributed by atoms with Gasteiger partial charge in [-0.25, -0.2) is 4.98 Å². The fourth-order valence-corrected chi connectivity index (χ4v) is 1.14. The number of aromatic nitrogens is 1. The third-order valence-corrected chi connectivity index (χ3v) is 1.75. The molecule has 0 aromatic carbocycles. The first kappa shape index (κ1) is 11.2. The van der Waals surface area contributed by atoms with Gasteiger partial charge >= 0.3 is 0 Å². The molecule has 0 aliphatic rings. The molecule has 1 aromatic rings. The van der Waals surface area contributed by atoms with Crippen LogP contribution in [0.2, 0.25) is 0 Å². The van der Waals surface area contributed by atoms with Gasteiger partial charge in [0.1, 0.15) is 0 Å². The Bertz CT molecular complexity index is 216. The van der Waals surface area contributed by atoms with E-state index in [9.17, 15) is 0 Å². The quantitative estimate of drug-likeness (QED) is 0.609. The molecule has 1 N–H and O–H groups in total. The van der Waals surface area contributed by atoms with E-state index < -0.39 is 0 Å². The maximum atomic E-state index is 3.08. The summed E-state index contributed by atoms with van der Waals surface area (Å²) in [6.07, 6.45) is 4.03. The fraction of sp³-hybridized carbons (Fsp3) is 0.545. The van der Waals surface area contributed by atoms with Gasteiger partial charge in [0, 0.05) is 11.6 Å². The van der Waals surface area contributed by atoms with Crippen LogP contribution < -0.4 is 4.98 Å². The highest BCUT2D eigenvalue weighted by molar-refractivity contribution is 5.21. The summed E-state index contributed by atoms with van der Waals surface area (Å²) in [5.74, 6) is 0.623. The van der Waals surface area contributed by atoms with Crippen LogP contribution in [0.25, 0.3) is 0 Å². The van der Waals surface area contributed by atoms with Crippen molar-refractivity contribution in [2.24, 2.45) is 0 Å². The first-order valence-corrected chi connectivity index (χ1v) is 4.68. The molecule has 0 radical (unpaired) electrons. The number of hydrogen-bond acceptors (Lipinski definition) is 0. The zero-order valence-corrected chi connectivity index (χ0v) is 8.81. The highest BCUT2D eigenvalue weighted by Gasteiger charge is 2.03. The van der Waals surface area contributed by atoms with E-state index >= 15 is 0 Å². The van der Waals surface area contributed by atoms with Crippen molar-refractivity contribution in [3.63, 3.8) is 0 Å². The van der Waals surface area contributed by atoms with E-state index in [0.717, 1.165) is 0 Å². The van der Waals surface area contributed by atoms with E-state index in [4.69, 9.17) is 0 Å². The standard InChI is InChI=1S/C9H13N.C2H6/c1-7(2)9-6-10-5-4-8(9)3;1-2/h4-7H,1-3H3;1-2H3/p+1. The Labute approximate surface area is 75.8 Å². The summed E-state index contributed by atoms with van der Waals surface area (Å²) in [6.45, 7) is 10.6. The summed E-state index contributed by atoms with van der Waals surface area (Å²) in [5, 5.41) is 0. The molecule has 1 rings (SSSR count). The van der Waals surface area contributed by atoms with Crippen molar-refractivity contribution in [1.29, 1.82) is 0 Å². The molecule has 1 heterocycles. The largest absolute Gasteiger partial charge is 0.218 e. The van der Waals surface area contributed by atoms with Gasteiger partial charge in [-0.1, -0.05) is 27.7 Å². The molecular formula is C11H20N+. The molecule has 0 unspecified atom stereocenters. The van der Waals surface area contributed by atoms with Crippen molar-refractivity contribution in [3.8, 4) is 0 Å². The number of hydrogen-bond donors (Lipinski definition) is 0. The molecule has 0 fully saturated rings. The van der Waals surface area contributed by atoms with E-state index in [0.29, 0.717) is 5.92 Å². The molecule has 0 aliphatic heterocycles. The Balaban J connectivity index is 0.000000561. The smallest absolute Gasteiger partial charge is 0.170 e. The molecule has 1 nitrogen and oxygen atoms in total. The van der Waals surface area contributed by atoms with Crippen LogP contribution in [0, 0.1) is 6.92 Å². The average Bonchev–Trinajstić information content (AvgIpc) is 2.08. The number of H-pyrrole nitrogens is 1. The van der Waals surface area contributed by atoms with Crippen LogP contribution in [0.15, 0.2) is 18.5 Å². The van der Waals surface area contributed by atoms with Crippen molar-refractivity contribution in [1.82, 2.24) is 0 Å². The topological polar surface area (TPSA) is 14.1 Å². The lowest BCUT2D eigenvalue weighted by atomic mass is 10.0. The van der Waals surface area contributed by atoms with Gasteiger partial charge in [0.2, 0.25) is 0 Å². The maximum Gasteiger partial charge on any atom is 0.170 e. The molecule has 1 aromatic heterocycles. The van der Waals surface area contributed by atoms with Crippen LogP contribution >= 0.6 is 0 Å². The van der Waals surface area contributed by atoms with Gasteiger partial charge in [0.15, 0.2) is 12.4 Å². The summed E-state index contributed by atoms with van der Waals surface area (Å²) in [4.78, 5) is 3.08. The highest BCUT2D eigenvalue weighted by Crippen LogP contribution is 2.14. The van der Waals surface area contributed by atoms with Crippen LogP contribution in [-0.4, -0.2) is 0 Å². The molecular weight excluding hydrogens is 146 g/mol. The van der Waals surface area contributed by atoms with Gasteiger partial charge < -0.3 is 0 Å². The molecule has 0 atom stereocenters. The Morgan fingerprint density at radius 1 is 1.25 bits per heavy atom. The lowest BCUT2D eigenvalue weighted by Gasteiger charge is -2.03. The molecule has 12 heavy (non-hydrogen) atoms. The lowest BCUT2D eigenvalue weighted by Crippen LogP contribution is -2.04. The first-order valence-electron chi connectivity index (χ1n) is 4.68. The summed E-state index contributed by atoms with van der Waals surface area (Å²) in [5.41, 5.74) is 2.77. The molecule has 0 saturated heterocycles. The second kappa shape index (κ2) is 5.76. The highest BCUT2D eigenvalue weighted by atomic mass is 14.6. The second-order valence-electron chi connectivity index (χ2n) is 2.94. The predicted octanol–water partition coefficient (Wildman–Crippen LogP) is 2.96. The van der Waals surface area contributed by atoms with Gasteiger partial charge in [0.25, 0.3) is 0 Å². The maximum absolute atomic E-state index is 3.08. The van der Waals surface area contributed by atoms with E-state index in [1.807, 2.05) is 20.0 Å².